The Bertz CT molecular complexity index is 520. The first-order chi connectivity index (χ1) is 10.1. The van der Waals surface area contributed by atoms with Gasteiger partial charge in [-0.2, -0.15) is 0 Å². The summed E-state index contributed by atoms with van der Waals surface area (Å²) in [6.45, 7) is 3.65. The Morgan fingerprint density at radius 3 is 2.43 bits per heavy atom. The number of nitrogens with two attached hydrogens (primary N) is 1. The van der Waals surface area contributed by atoms with Crippen molar-refractivity contribution in [1.29, 1.82) is 0 Å². The van der Waals surface area contributed by atoms with Crippen molar-refractivity contribution in [2.24, 2.45) is 0 Å². The van der Waals surface area contributed by atoms with Gasteiger partial charge in [0.2, 0.25) is 0 Å². The van der Waals surface area contributed by atoms with Gasteiger partial charge in [-0.05, 0) is 47.0 Å². The molecule has 4 nitrogen and oxygen atoms in total. The number of halogens is 1. The minimum Gasteiger partial charge on any atom is -0.398 e. The molecule has 0 atom stereocenters. The number of hydrogen-bond donors (Lipinski definition) is 1. The topological polar surface area (TPSA) is 49.6 Å². The van der Waals surface area contributed by atoms with E-state index in [2.05, 4.69) is 20.8 Å². The van der Waals surface area contributed by atoms with E-state index in [0.717, 1.165) is 36.7 Å². The molecule has 1 aromatic carbocycles. The maximum atomic E-state index is 12.5. The lowest BCUT2D eigenvalue weighted by molar-refractivity contribution is 0.0573. The first kappa shape index (κ1) is 14.9. The number of hydrogen-bond acceptors (Lipinski definition) is 3. The molecule has 2 fully saturated rings. The molecule has 0 unspecified atom stereocenters. The number of nitrogen functional groups attached to an aromatic ring is 1. The molecule has 1 aliphatic heterocycles. The summed E-state index contributed by atoms with van der Waals surface area (Å²) < 4.78 is 0.838. The van der Waals surface area contributed by atoms with Crippen LogP contribution in [0.3, 0.4) is 0 Å². The maximum Gasteiger partial charge on any atom is 0.254 e. The SMILES string of the molecule is Nc1cc(C(=O)N2CCN(C3CCCC3)CC2)ccc1Br. The maximum absolute atomic E-state index is 12.5. The van der Waals surface area contributed by atoms with Crippen LogP contribution in [0.4, 0.5) is 5.69 Å². The second kappa shape index (κ2) is 6.36. The van der Waals surface area contributed by atoms with E-state index < -0.39 is 0 Å². The van der Waals surface area contributed by atoms with Crippen LogP contribution in [0.5, 0.6) is 0 Å². The number of carbonyl (C=O) groups excluding carboxylic acids is 1. The fourth-order valence-corrected chi connectivity index (χ4v) is 3.67. The van der Waals surface area contributed by atoms with E-state index >= 15 is 0 Å². The summed E-state index contributed by atoms with van der Waals surface area (Å²) in [5.74, 6) is 0.0975. The number of carbonyl (C=O) groups is 1. The van der Waals surface area contributed by atoms with Crippen molar-refractivity contribution in [3.05, 3.63) is 28.2 Å². The van der Waals surface area contributed by atoms with Crippen LogP contribution in [0.25, 0.3) is 0 Å². The van der Waals surface area contributed by atoms with Crippen molar-refractivity contribution in [2.75, 3.05) is 31.9 Å². The summed E-state index contributed by atoms with van der Waals surface area (Å²) in [5.41, 5.74) is 7.17. The molecule has 3 rings (SSSR count). The average Bonchev–Trinajstić information content (AvgIpc) is 3.04. The van der Waals surface area contributed by atoms with E-state index in [1.807, 2.05) is 17.0 Å². The number of amides is 1. The normalized spacial score (nSPS) is 20.9. The van der Waals surface area contributed by atoms with Gasteiger partial charge in [0.25, 0.3) is 5.91 Å². The van der Waals surface area contributed by atoms with Crippen molar-refractivity contribution in [3.63, 3.8) is 0 Å². The van der Waals surface area contributed by atoms with Crippen LogP contribution in [-0.2, 0) is 0 Å². The third-order valence-electron chi connectivity index (χ3n) is 4.69. The molecule has 0 aromatic heterocycles. The van der Waals surface area contributed by atoms with Gasteiger partial charge in [0, 0.05) is 47.9 Å². The van der Waals surface area contributed by atoms with Gasteiger partial charge in [0.05, 0.1) is 0 Å². The Labute approximate surface area is 134 Å². The van der Waals surface area contributed by atoms with Gasteiger partial charge >= 0.3 is 0 Å². The predicted molar refractivity (Wildman–Crippen MR) is 88.3 cm³/mol. The molecule has 2 N–H and O–H groups in total. The smallest absolute Gasteiger partial charge is 0.254 e. The minimum atomic E-state index is 0.0975. The summed E-state index contributed by atoms with van der Waals surface area (Å²) >= 11 is 3.36. The summed E-state index contributed by atoms with van der Waals surface area (Å²) in [7, 11) is 0. The Balaban J connectivity index is 1.60. The van der Waals surface area contributed by atoms with Crippen LogP contribution in [0.2, 0.25) is 0 Å². The lowest BCUT2D eigenvalue weighted by atomic mass is 10.1. The number of piperazine rings is 1. The zero-order valence-electron chi connectivity index (χ0n) is 12.2. The van der Waals surface area contributed by atoms with Gasteiger partial charge in [0.15, 0.2) is 0 Å². The lowest BCUT2D eigenvalue weighted by Crippen LogP contribution is -2.51. The first-order valence-electron chi connectivity index (χ1n) is 7.73. The number of nitrogens with zero attached hydrogens (tertiary/aromatic N) is 2. The van der Waals surface area contributed by atoms with Gasteiger partial charge in [-0.1, -0.05) is 12.8 Å². The van der Waals surface area contributed by atoms with Crippen LogP contribution in [0.15, 0.2) is 22.7 Å². The molecule has 1 amide bonds. The Morgan fingerprint density at radius 1 is 1.14 bits per heavy atom. The van der Waals surface area contributed by atoms with Gasteiger partial charge < -0.3 is 10.6 Å². The van der Waals surface area contributed by atoms with Gasteiger partial charge in [-0.3, -0.25) is 9.69 Å². The quantitative estimate of drug-likeness (QED) is 0.833. The van der Waals surface area contributed by atoms with Crippen LogP contribution < -0.4 is 5.73 Å². The third-order valence-corrected chi connectivity index (χ3v) is 5.41. The fourth-order valence-electron chi connectivity index (χ4n) is 3.42. The minimum absolute atomic E-state index is 0.0975. The monoisotopic (exact) mass is 351 g/mol. The highest BCUT2D eigenvalue weighted by Gasteiger charge is 2.28. The molecule has 0 radical (unpaired) electrons. The molecule has 1 aromatic rings. The number of anilines is 1. The highest BCUT2D eigenvalue weighted by molar-refractivity contribution is 9.10. The molecule has 0 spiro atoms. The van der Waals surface area contributed by atoms with E-state index in [9.17, 15) is 4.79 Å². The van der Waals surface area contributed by atoms with Crippen molar-refractivity contribution >= 4 is 27.5 Å². The zero-order chi connectivity index (χ0) is 14.8. The highest BCUT2D eigenvalue weighted by atomic mass is 79.9. The molecule has 1 saturated heterocycles. The largest absolute Gasteiger partial charge is 0.398 e. The van der Waals surface area contributed by atoms with Crippen LogP contribution in [-0.4, -0.2) is 47.9 Å². The molecule has 2 aliphatic rings. The van der Waals surface area contributed by atoms with Crippen molar-refractivity contribution < 1.29 is 4.79 Å². The molecule has 1 heterocycles. The highest BCUT2D eigenvalue weighted by Crippen LogP contribution is 2.25. The first-order valence-corrected chi connectivity index (χ1v) is 8.53. The van der Waals surface area contributed by atoms with E-state index in [-0.39, 0.29) is 5.91 Å². The lowest BCUT2D eigenvalue weighted by Gasteiger charge is -2.38. The van der Waals surface area contributed by atoms with E-state index in [1.54, 1.807) is 6.07 Å². The van der Waals surface area contributed by atoms with Gasteiger partial charge in [-0.15, -0.1) is 0 Å². The average molecular weight is 352 g/mol. The second-order valence-corrected chi connectivity index (χ2v) is 6.86. The molecule has 1 aliphatic carbocycles. The molecule has 5 heteroatoms. The van der Waals surface area contributed by atoms with E-state index in [4.69, 9.17) is 5.73 Å². The molecular weight excluding hydrogens is 330 g/mol. The fraction of sp³-hybridized carbons (Fsp3) is 0.562. The summed E-state index contributed by atoms with van der Waals surface area (Å²) in [6, 6.07) is 6.20. The van der Waals surface area contributed by atoms with Gasteiger partial charge in [-0.25, -0.2) is 0 Å². The summed E-state index contributed by atoms with van der Waals surface area (Å²) in [5, 5.41) is 0. The number of rotatable bonds is 2. The Morgan fingerprint density at radius 2 is 1.81 bits per heavy atom. The van der Waals surface area contributed by atoms with Crippen molar-refractivity contribution in [2.45, 2.75) is 31.7 Å². The van der Waals surface area contributed by atoms with E-state index in [0.29, 0.717) is 11.3 Å². The Hall–Kier alpha value is -1.07. The number of benzene rings is 1. The van der Waals surface area contributed by atoms with Crippen molar-refractivity contribution in [3.8, 4) is 0 Å². The van der Waals surface area contributed by atoms with Crippen LogP contribution >= 0.6 is 15.9 Å². The van der Waals surface area contributed by atoms with Crippen LogP contribution in [0, 0.1) is 0 Å². The molecular formula is C16H22BrN3O. The zero-order valence-corrected chi connectivity index (χ0v) is 13.8. The molecule has 21 heavy (non-hydrogen) atoms. The summed E-state index contributed by atoms with van der Waals surface area (Å²) in [4.78, 5) is 17.0. The third kappa shape index (κ3) is 3.24. The molecule has 114 valence electrons. The standard InChI is InChI=1S/C16H22BrN3O/c17-14-6-5-12(11-15(14)18)16(21)20-9-7-19(8-10-20)13-3-1-2-4-13/h5-6,11,13H,1-4,7-10,18H2. The molecule has 0 bridgehead atoms. The van der Waals surface area contributed by atoms with Crippen molar-refractivity contribution in [1.82, 2.24) is 9.80 Å². The Kier molecular flexibility index (Phi) is 4.50. The molecule has 1 saturated carbocycles. The van der Waals surface area contributed by atoms with E-state index in [1.165, 1.54) is 25.7 Å². The second-order valence-electron chi connectivity index (χ2n) is 6.00. The van der Waals surface area contributed by atoms with Crippen LogP contribution in [0.1, 0.15) is 36.0 Å². The summed E-state index contributed by atoms with van der Waals surface area (Å²) in [6.07, 6.45) is 5.39. The van der Waals surface area contributed by atoms with Gasteiger partial charge in [0.1, 0.15) is 0 Å². The predicted octanol–water partition coefficient (Wildman–Crippen LogP) is 2.73.